The first-order valence-corrected chi connectivity index (χ1v) is 5.67. The summed E-state index contributed by atoms with van der Waals surface area (Å²) in [5.74, 6) is 0.639. The van der Waals surface area contributed by atoms with Gasteiger partial charge in [0.25, 0.3) is 0 Å². The van der Waals surface area contributed by atoms with E-state index in [-0.39, 0.29) is 5.69 Å². The fraction of sp³-hybridized carbons (Fsp3) is 0.0714. The smallest absolute Gasteiger partial charge is 0.227 e. The van der Waals surface area contributed by atoms with E-state index in [0.29, 0.717) is 22.7 Å². The molecule has 0 spiro atoms. The van der Waals surface area contributed by atoms with Crippen LogP contribution in [0, 0.1) is 5.82 Å². The third-order valence-corrected chi connectivity index (χ3v) is 2.80. The van der Waals surface area contributed by atoms with Gasteiger partial charge < -0.3 is 14.9 Å². The topological polar surface area (TPSA) is 61.3 Å². The summed E-state index contributed by atoms with van der Waals surface area (Å²) in [6, 6.07) is 9.77. The van der Waals surface area contributed by atoms with E-state index in [4.69, 9.17) is 14.9 Å². The van der Waals surface area contributed by atoms with Gasteiger partial charge in [0.1, 0.15) is 17.1 Å². The SMILES string of the molecule is COc1cccc(-c2nc3cc(F)cc(N)c3o2)c1. The lowest BCUT2D eigenvalue weighted by molar-refractivity contribution is 0.415. The summed E-state index contributed by atoms with van der Waals surface area (Å²) in [4.78, 5) is 4.24. The van der Waals surface area contributed by atoms with Crippen molar-refractivity contribution in [3.05, 3.63) is 42.2 Å². The highest BCUT2D eigenvalue weighted by atomic mass is 19.1. The highest BCUT2D eigenvalue weighted by Crippen LogP contribution is 2.30. The third kappa shape index (κ3) is 1.99. The maximum Gasteiger partial charge on any atom is 0.227 e. The lowest BCUT2D eigenvalue weighted by Crippen LogP contribution is -1.86. The molecule has 96 valence electrons. The van der Waals surface area contributed by atoms with Crippen molar-refractivity contribution in [3.63, 3.8) is 0 Å². The zero-order valence-electron chi connectivity index (χ0n) is 10.2. The Balaban J connectivity index is 2.17. The number of nitrogens with zero attached hydrogens (tertiary/aromatic N) is 1. The molecule has 2 N–H and O–H groups in total. The van der Waals surface area contributed by atoms with E-state index in [0.717, 1.165) is 5.56 Å². The molecular formula is C14H11FN2O2. The molecule has 0 aliphatic carbocycles. The molecule has 0 fully saturated rings. The van der Waals surface area contributed by atoms with Crippen LogP contribution in [0.3, 0.4) is 0 Å². The molecule has 0 aliphatic heterocycles. The zero-order chi connectivity index (χ0) is 13.4. The van der Waals surface area contributed by atoms with Crippen molar-refractivity contribution in [2.45, 2.75) is 0 Å². The molecule has 3 rings (SSSR count). The average molecular weight is 258 g/mol. The number of rotatable bonds is 2. The Labute approximate surface area is 108 Å². The van der Waals surface area contributed by atoms with Crippen molar-refractivity contribution in [1.82, 2.24) is 4.98 Å². The van der Waals surface area contributed by atoms with Crippen molar-refractivity contribution in [2.24, 2.45) is 0 Å². The fourth-order valence-corrected chi connectivity index (χ4v) is 1.90. The van der Waals surface area contributed by atoms with E-state index in [1.165, 1.54) is 12.1 Å². The van der Waals surface area contributed by atoms with Crippen LogP contribution in [0.25, 0.3) is 22.6 Å². The molecule has 0 amide bonds. The van der Waals surface area contributed by atoms with Gasteiger partial charge in [-0.15, -0.1) is 0 Å². The number of anilines is 1. The van der Waals surface area contributed by atoms with E-state index >= 15 is 0 Å². The highest BCUT2D eigenvalue weighted by Gasteiger charge is 2.12. The minimum atomic E-state index is -0.435. The lowest BCUT2D eigenvalue weighted by atomic mass is 10.2. The van der Waals surface area contributed by atoms with E-state index in [9.17, 15) is 4.39 Å². The van der Waals surface area contributed by atoms with Gasteiger partial charge in [-0.05, 0) is 18.2 Å². The summed E-state index contributed by atoms with van der Waals surface area (Å²) in [5, 5.41) is 0. The number of methoxy groups -OCH3 is 1. The Bertz CT molecular complexity index is 752. The van der Waals surface area contributed by atoms with Gasteiger partial charge in [0.15, 0.2) is 5.58 Å². The van der Waals surface area contributed by atoms with Crippen LogP contribution in [0.2, 0.25) is 0 Å². The Kier molecular flexibility index (Phi) is 2.59. The molecule has 0 bridgehead atoms. The number of hydrogen-bond donors (Lipinski definition) is 1. The maximum atomic E-state index is 13.2. The minimum absolute atomic E-state index is 0.233. The summed E-state index contributed by atoms with van der Waals surface area (Å²) >= 11 is 0. The zero-order valence-corrected chi connectivity index (χ0v) is 10.2. The number of ether oxygens (including phenoxy) is 1. The summed E-state index contributed by atoms with van der Waals surface area (Å²) in [7, 11) is 1.58. The summed E-state index contributed by atoms with van der Waals surface area (Å²) < 4.78 is 24.0. The predicted molar refractivity (Wildman–Crippen MR) is 70.4 cm³/mol. The average Bonchev–Trinajstić information content (AvgIpc) is 2.83. The third-order valence-electron chi connectivity index (χ3n) is 2.80. The first-order valence-electron chi connectivity index (χ1n) is 5.67. The molecule has 0 aliphatic rings. The molecular weight excluding hydrogens is 247 g/mol. The van der Waals surface area contributed by atoms with Crippen LogP contribution in [0.1, 0.15) is 0 Å². The lowest BCUT2D eigenvalue weighted by Gasteiger charge is -2.00. The van der Waals surface area contributed by atoms with E-state index in [1.807, 2.05) is 18.2 Å². The van der Waals surface area contributed by atoms with Crippen LogP contribution in [0.15, 0.2) is 40.8 Å². The molecule has 0 atom stereocenters. The monoisotopic (exact) mass is 258 g/mol. The van der Waals surface area contributed by atoms with Gasteiger partial charge in [-0.1, -0.05) is 6.07 Å². The first kappa shape index (κ1) is 11.5. The van der Waals surface area contributed by atoms with Crippen LogP contribution >= 0.6 is 0 Å². The molecule has 4 nitrogen and oxygen atoms in total. The molecule has 1 heterocycles. The number of nitrogens with two attached hydrogens (primary N) is 1. The molecule has 19 heavy (non-hydrogen) atoms. The van der Waals surface area contributed by atoms with Crippen LogP contribution in [0.5, 0.6) is 5.75 Å². The van der Waals surface area contributed by atoms with Gasteiger partial charge in [-0.25, -0.2) is 9.37 Å². The fourth-order valence-electron chi connectivity index (χ4n) is 1.90. The van der Waals surface area contributed by atoms with Crippen molar-refractivity contribution >= 4 is 16.8 Å². The van der Waals surface area contributed by atoms with Crippen molar-refractivity contribution in [2.75, 3.05) is 12.8 Å². The molecule has 0 saturated carbocycles. The normalized spacial score (nSPS) is 10.8. The number of nitrogen functional groups attached to an aromatic ring is 1. The van der Waals surface area contributed by atoms with Crippen molar-refractivity contribution < 1.29 is 13.5 Å². The van der Waals surface area contributed by atoms with Gasteiger partial charge in [0.05, 0.1) is 12.8 Å². The standard InChI is InChI=1S/C14H11FN2O2/c1-18-10-4-2-3-8(5-10)14-17-12-7-9(15)6-11(16)13(12)19-14/h2-7H,16H2,1H3. The molecule has 1 aromatic heterocycles. The molecule has 0 radical (unpaired) electrons. The molecule has 0 saturated heterocycles. The maximum absolute atomic E-state index is 13.2. The van der Waals surface area contributed by atoms with Gasteiger partial charge in [-0.3, -0.25) is 0 Å². The number of halogens is 1. The van der Waals surface area contributed by atoms with Gasteiger partial charge in [0, 0.05) is 17.7 Å². The minimum Gasteiger partial charge on any atom is -0.497 e. The Morgan fingerprint density at radius 1 is 1.26 bits per heavy atom. The first-order chi connectivity index (χ1) is 9.17. The van der Waals surface area contributed by atoms with Gasteiger partial charge in [-0.2, -0.15) is 0 Å². The summed E-state index contributed by atoms with van der Waals surface area (Å²) in [5.41, 5.74) is 7.47. The number of oxazole rings is 1. The van der Waals surface area contributed by atoms with Crippen LogP contribution in [-0.2, 0) is 0 Å². The highest BCUT2D eigenvalue weighted by molar-refractivity contribution is 5.86. The van der Waals surface area contributed by atoms with Crippen molar-refractivity contribution in [3.8, 4) is 17.2 Å². The predicted octanol–water partition coefficient (Wildman–Crippen LogP) is 3.22. The Morgan fingerprint density at radius 2 is 2.11 bits per heavy atom. The second-order valence-corrected chi connectivity index (χ2v) is 4.09. The Morgan fingerprint density at radius 3 is 2.89 bits per heavy atom. The van der Waals surface area contributed by atoms with Gasteiger partial charge >= 0.3 is 0 Å². The number of benzene rings is 2. The van der Waals surface area contributed by atoms with Gasteiger partial charge in [0.2, 0.25) is 5.89 Å². The van der Waals surface area contributed by atoms with Crippen molar-refractivity contribution in [1.29, 1.82) is 0 Å². The second kappa shape index (κ2) is 4.28. The van der Waals surface area contributed by atoms with Crippen LogP contribution < -0.4 is 10.5 Å². The van der Waals surface area contributed by atoms with E-state index in [1.54, 1.807) is 13.2 Å². The summed E-state index contributed by atoms with van der Waals surface area (Å²) in [6.45, 7) is 0. The molecule has 0 unspecified atom stereocenters. The molecule has 3 aromatic rings. The summed E-state index contributed by atoms with van der Waals surface area (Å²) in [6.07, 6.45) is 0. The van der Waals surface area contributed by atoms with Crippen LogP contribution in [0.4, 0.5) is 10.1 Å². The van der Waals surface area contributed by atoms with E-state index in [2.05, 4.69) is 4.98 Å². The largest absolute Gasteiger partial charge is 0.497 e. The van der Waals surface area contributed by atoms with Crippen LogP contribution in [-0.4, -0.2) is 12.1 Å². The quantitative estimate of drug-likeness (QED) is 0.717. The second-order valence-electron chi connectivity index (χ2n) is 4.09. The Hall–Kier alpha value is -2.56. The van der Waals surface area contributed by atoms with E-state index < -0.39 is 5.82 Å². The number of hydrogen-bond acceptors (Lipinski definition) is 4. The number of fused-ring (bicyclic) bond motifs is 1. The number of aromatic nitrogens is 1. The molecule has 2 aromatic carbocycles. The molecule has 5 heteroatoms.